The van der Waals surface area contributed by atoms with Gasteiger partial charge in [-0.1, -0.05) is 6.42 Å². The van der Waals surface area contributed by atoms with Gasteiger partial charge < -0.3 is 4.90 Å². The third-order valence-electron chi connectivity index (χ3n) is 3.05. The highest BCUT2D eigenvalue weighted by molar-refractivity contribution is 7.99. The molecule has 0 bridgehead atoms. The van der Waals surface area contributed by atoms with Crippen molar-refractivity contribution in [2.24, 2.45) is 0 Å². The molecule has 1 atom stereocenters. The molecule has 1 aromatic rings. The van der Waals surface area contributed by atoms with Gasteiger partial charge in [0.05, 0.1) is 0 Å². The molecule has 5 heteroatoms. The van der Waals surface area contributed by atoms with Gasteiger partial charge in [0, 0.05) is 18.3 Å². The van der Waals surface area contributed by atoms with E-state index in [1.807, 2.05) is 23.9 Å². The van der Waals surface area contributed by atoms with E-state index in [1.165, 1.54) is 19.3 Å². The molecule has 90 valence electrons. The van der Waals surface area contributed by atoms with Crippen molar-refractivity contribution in [3.63, 3.8) is 0 Å². The van der Waals surface area contributed by atoms with Crippen LogP contribution in [-0.2, 0) is 0 Å². The van der Waals surface area contributed by atoms with Gasteiger partial charge in [-0.05, 0) is 31.2 Å². The maximum absolute atomic E-state index is 8.69. The van der Waals surface area contributed by atoms with E-state index in [-0.39, 0.29) is 0 Å². The molecular formula is C12H16N4S. The van der Waals surface area contributed by atoms with E-state index >= 15 is 0 Å². The molecule has 2 heterocycles. The lowest BCUT2D eigenvalue weighted by Crippen LogP contribution is -2.30. The van der Waals surface area contributed by atoms with Crippen LogP contribution < -0.4 is 4.90 Å². The van der Waals surface area contributed by atoms with Crippen LogP contribution in [0.25, 0.3) is 0 Å². The average molecular weight is 248 g/mol. The van der Waals surface area contributed by atoms with Gasteiger partial charge in [-0.25, -0.2) is 0 Å². The molecule has 4 nitrogen and oxygen atoms in total. The monoisotopic (exact) mass is 248 g/mol. The van der Waals surface area contributed by atoms with Crippen molar-refractivity contribution in [1.82, 2.24) is 10.2 Å². The van der Waals surface area contributed by atoms with Crippen molar-refractivity contribution in [2.45, 2.75) is 24.5 Å². The number of aromatic nitrogens is 2. The molecule has 17 heavy (non-hydrogen) atoms. The summed E-state index contributed by atoms with van der Waals surface area (Å²) in [5.41, 5.74) is 0.380. The minimum absolute atomic E-state index is 0.380. The highest BCUT2D eigenvalue weighted by atomic mass is 32.2. The topological polar surface area (TPSA) is 52.8 Å². The fourth-order valence-corrected chi connectivity index (χ4v) is 2.79. The van der Waals surface area contributed by atoms with E-state index in [0.717, 1.165) is 18.9 Å². The standard InChI is InChI=1S/C12H16N4S/c1-17-11-4-2-3-7-16(9-11)12-6-5-10(8-13)14-15-12/h5-6,11H,2-4,7,9H2,1H3. The summed E-state index contributed by atoms with van der Waals surface area (Å²) in [6.07, 6.45) is 5.93. The van der Waals surface area contributed by atoms with Crippen LogP contribution in [0.2, 0.25) is 0 Å². The van der Waals surface area contributed by atoms with E-state index < -0.39 is 0 Å². The average Bonchev–Trinajstić information content (AvgIpc) is 2.64. The Kier molecular flexibility index (Phi) is 4.21. The van der Waals surface area contributed by atoms with Crippen molar-refractivity contribution in [3.8, 4) is 6.07 Å². The first-order chi connectivity index (χ1) is 8.33. The molecule has 1 aliphatic rings. The zero-order valence-electron chi connectivity index (χ0n) is 9.96. The molecule has 1 aliphatic heterocycles. The fourth-order valence-electron chi connectivity index (χ4n) is 2.06. The zero-order valence-corrected chi connectivity index (χ0v) is 10.8. The molecule has 0 amide bonds. The van der Waals surface area contributed by atoms with Crippen LogP contribution >= 0.6 is 11.8 Å². The van der Waals surface area contributed by atoms with E-state index in [9.17, 15) is 0 Å². The van der Waals surface area contributed by atoms with Crippen LogP contribution in [-0.4, -0.2) is 34.8 Å². The molecule has 0 N–H and O–H groups in total. The van der Waals surface area contributed by atoms with Crippen LogP contribution in [0.5, 0.6) is 0 Å². The van der Waals surface area contributed by atoms with Gasteiger partial charge in [-0.2, -0.15) is 17.0 Å². The van der Waals surface area contributed by atoms with Crippen molar-refractivity contribution in [3.05, 3.63) is 17.8 Å². The molecule has 1 unspecified atom stereocenters. The highest BCUT2D eigenvalue weighted by Crippen LogP contribution is 2.23. The SMILES string of the molecule is CSC1CCCCN(c2ccc(C#N)nn2)C1. The molecule has 0 radical (unpaired) electrons. The number of hydrogen-bond acceptors (Lipinski definition) is 5. The Bertz CT molecular complexity index is 398. The van der Waals surface area contributed by atoms with Gasteiger partial charge in [0.2, 0.25) is 0 Å². The molecular weight excluding hydrogens is 232 g/mol. The van der Waals surface area contributed by atoms with E-state index in [0.29, 0.717) is 10.9 Å². The Balaban J connectivity index is 2.11. The number of anilines is 1. The summed E-state index contributed by atoms with van der Waals surface area (Å²) in [4.78, 5) is 2.28. The first-order valence-corrected chi connectivity index (χ1v) is 7.14. The normalized spacial score (nSPS) is 20.7. The highest BCUT2D eigenvalue weighted by Gasteiger charge is 2.18. The van der Waals surface area contributed by atoms with Gasteiger partial charge in [0.1, 0.15) is 6.07 Å². The van der Waals surface area contributed by atoms with Crippen LogP contribution in [0.1, 0.15) is 25.0 Å². The molecule has 1 saturated heterocycles. The van der Waals surface area contributed by atoms with E-state index in [1.54, 1.807) is 6.07 Å². The summed E-state index contributed by atoms with van der Waals surface area (Å²) >= 11 is 1.92. The van der Waals surface area contributed by atoms with Crippen LogP contribution in [0.15, 0.2) is 12.1 Å². The number of rotatable bonds is 2. The number of nitriles is 1. The van der Waals surface area contributed by atoms with E-state index in [4.69, 9.17) is 5.26 Å². The Morgan fingerprint density at radius 2 is 2.29 bits per heavy atom. The predicted molar refractivity (Wildman–Crippen MR) is 70.1 cm³/mol. The van der Waals surface area contributed by atoms with Crippen molar-refractivity contribution < 1.29 is 0 Å². The number of thioether (sulfide) groups is 1. The van der Waals surface area contributed by atoms with Crippen LogP contribution in [0.3, 0.4) is 0 Å². The van der Waals surface area contributed by atoms with Crippen molar-refractivity contribution in [2.75, 3.05) is 24.2 Å². The van der Waals surface area contributed by atoms with Gasteiger partial charge >= 0.3 is 0 Å². The number of hydrogen-bond donors (Lipinski definition) is 0. The molecule has 1 fully saturated rings. The van der Waals surface area contributed by atoms with Gasteiger partial charge in [-0.15, -0.1) is 10.2 Å². The Morgan fingerprint density at radius 3 is 2.94 bits per heavy atom. The first-order valence-electron chi connectivity index (χ1n) is 5.85. The van der Waals surface area contributed by atoms with Gasteiger partial charge in [-0.3, -0.25) is 0 Å². The summed E-state index contributed by atoms with van der Waals surface area (Å²) < 4.78 is 0. The summed E-state index contributed by atoms with van der Waals surface area (Å²) in [6, 6.07) is 5.63. The lowest BCUT2D eigenvalue weighted by atomic mass is 10.2. The summed E-state index contributed by atoms with van der Waals surface area (Å²) in [7, 11) is 0. The molecule has 2 rings (SSSR count). The Morgan fingerprint density at radius 1 is 1.41 bits per heavy atom. The first kappa shape index (κ1) is 12.2. The minimum atomic E-state index is 0.380. The van der Waals surface area contributed by atoms with Crippen LogP contribution in [0, 0.1) is 11.3 Å². The second kappa shape index (κ2) is 5.87. The zero-order chi connectivity index (χ0) is 12.1. The van der Waals surface area contributed by atoms with Gasteiger partial charge in [0.25, 0.3) is 0 Å². The number of nitrogens with zero attached hydrogens (tertiary/aromatic N) is 4. The molecule has 0 spiro atoms. The Hall–Kier alpha value is -1.28. The summed E-state index contributed by atoms with van der Waals surface area (Å²) in [5.74, 6) is 0.893. The lowest BCUT2D eigenvalue weighted by molar-refractivity contribution is 0.736. The third-order valence-corrected chi connectivity index (χ3v) is 4.10. The quantitative estimate of drug-likeness (QED) is 0.802. The Labute approximate surface area is 106 Å². The molecule has 0 aliphatic carbocycles. The van der Waals surface area contributed by atoms with E-state index in [2.05, 4.69) is 21.4 Å². The van der Waals surface area contributed by atoms with Crippen molar-refractivity contribution in [1.29, 1.82) is 5.26 Å². The maximum Gasteiger partial charge on any atom is 0.163 e. The summed E-state index contributed by atoms with van der Waals surface area (Å²) in [5, 5.41) is 17.4. The van der Waals surface area contributed by atoms with Gasteiger partial charge in [0.15, 0.2) is 11.5 Å². The fraction of sp³-hybridized carbons (Fsp3) is 0.583. The molecule has 0 saturated carbocycles. The lowest BCUT2D eigenvalue weighted by Gasteiger charge is -2.23. The maximum atomic E-state index is 8.69. The smallest absolute Gasteiger partial charge is 0.163 e. The largest absolute Gasteiger partial charge is 0.354 e. The predicted octanol–water partition coefficient (Wildman–Crippen LogP) is 2.07. The summed E-state index contributed by atoms with van der Waals surface area (Å²) in [6.45, 7) is 2.07. The van der Waals surface area contributed by atoms with Crippen LogP contribution in [0.4, 0.5) is 5.82 Å². The molecule has 0 aromatic carbocycles. The second-order valence-electron chi connectivity index (χ2n) is 4.19. The third kappa shape index (κ3) is 3.10. The van der Waals surface area contributed by atoms with Crippen molar-refractivity contribution >= 4 is 17.6 Å². The second-order valence-corrected chi connectivity index (χ2v) is 5.33. The molecule has 1 aromatic heterocycles. The minimum Gasteiger partial charge on any atom is -0.354 e.